The molecule has 1 aromatic carbocycles. The fourth-order valence-corrected chi connectivity index (χ4v) is 2.54. The molecule has 8 heteroatoms. The first kappa shape index (κ1) is 13.1. The molecule has 0 atom stereocenters. The van der Waals surface area contributed by atoms with Crippen molar-refractivity contribution >= 4 is 40.2 Å². The maximum Gasteiger partial charge on any atom is 0.280 e. The van der Waals surface area contributed by atoms with Gasteiger partial charge in [0.1, 0.15) is 10.9 Å². The Hall–Kier alpha value is -1.37. The van der Waals surface area contributed by atoms with E-state index in [2.05, 4.69) is 4.98 Å². The molecule has 0 aliphatic rings. The van der Waals surface area contributed by atoms with Gasteiger partial charge in [-0.1, -0.05) is 29.0 Å². The Morgan fingerprint density at radius 1 is 1.50 bits per heavy atom. The third-order valence-corrected chi connectivity index (χ3v) is 3.77. The quantitative estimate of drug-likeness (QED) is 0.481. The summed E-state index contributed by atoms with van der Waals surface area (Å²) in [5.74, 6) is 0.574. The third kappa shape index (κ3) is 2.90. The van der Waals surface area contributed by atoms with Gasteiger partial charge in [-0.2, -0.15) is 4.98 Å². The Bertz CT molecular complexity index is 588. The van der Waals surface area contributed by atoms with Crippen LogP contribution in [0.2, 0.25) is 5.15 Å². The fourth-order valence-electron chi connectivity index (χ4n) is 1.20. The van der Waals surface area contributed by atoms with Gasteiger partial charge in [0.15, 0.2) is 0 Å². The second kappa shape index (κ2) is 5.51. The topological polar surface area (TPSA) is 65.3 Å². The lowest BCUT2D eigenvalue weighted by Crippen LogP contribution is -1.89. The molecule has 1 heterocycles. The van der Waals surface area contributed by atoms with Crippen LogP contribution in [-0.4, -0.2) is 9.91 Å². The van der Waals surface area contributed by atoms with Crippen LogP contribution in [0, 0.1) is 10.1 Å². The minimum absolute atomic E-state index is 0.0484. The van der Waals surface area contributed by atoms with Crippen molar-refractivity contribution in [2.24, 2.45) is 0 Å². The van der Waals surface area contributed by atoms with Gasteiger partial charge in [-0.05, 0) is 6.07 Å². The van der Waals surface area contributed by atoms with Gasteiger partial charge in [0.2, 0.25) is 0 Å². The largest absolute Gasteiger partial charge is 0.431 e. The molecule has 0 saturated carbocycles. The van der Waals surface area contributed by atoms with Crippen LogP contribution in [0.5, 0.6) is 10.9 Å². The molecule has 18 heavy (non-hydrogen) atoms. The highest BCUT2D eigenvalue weighted by Crippen LogP contribution is 2.33. The first-order chi connectivity index (χ1) is 8.60. The van der Waals surface area contributed by atoms with Crippen LogP contribution in [0.1, 0.15) is 4.88 Å². The maximum atomic E-state index is 10.6. The summed E-state index contributed by atoms with van der Waals surface area (Å²) in [7, 11) is 0. The molecule has 0 bridgehead atoms. The van der Waals surface area contributed by atoms with Crippen molar-refractivity contribution < 1.29 is 9.66 Å². The predicted molar refractivity (Wildman–Crippen MR) is 69.9 cm³/mol. The molecule has 2 aromatic rings. The SMILES string of the molecule is O=[N+]([O-])c1cccc(Oc2nc(Cl)c(CCl)s2)c1. The molecule has 5 nitrogen and oxygen atoms in total. The molecule has 0 unspecified atom stereocenters. The lowest BCUT2D eigenvalue weighted by atomic mass is 10.3. The van der Waals surface area contributed by atoms with Gasteiger partial charge in [-0.15, -0.1) is 11.6 Å². The van der Waals surface area contributed by atoms with E-state index in [0.29, 0.717) is 15.8 Å². The molecule has 94 valence electrons. The van der Waals surface area contributed by atoms with E-state index in [9.17, 15) is 10.1 Å². The molecule has 0 amide bonds. The lowest BCUT2D eigenvalue weighted by Gasteiger charge is -2.00. The highest BCUT2D eigenvalue weighted by Gasteiger charge is 2.12. The highest BCUT2D eigenvalue weighted by molar-refractivity contribution is 7.14. The number of halogens is 2. The van der Waals surface area contributed by atoms with E-state index < -0.39 is 4.92 Å². The summed E-state index contributed by atoms with van der Waals surface area (Å²) < 4.78 is 5.39. The van der Waals surface area contributed by atoms with E-state index >= 15 is 0 Å². The molecule has 0 radical (unpaired) electrons. The summed E-state index contributed by atoms with van der Waals surface area (Å²) in [6, 6.07) is 5.83. The number of thiazole rings is 1. The Morgan fingerprint density at radius 3 is 2.89 bits per heavy atom. The van der Waals surface area contributed by atoms with Gasteiger partial charge in [-0.25, -0.2) is 0 Å². The monoisotopic (exact) mass is 304 g/mol. The van der Waals surface area contributed by atoms with Crippen LogP contribution in [0.15, 0.2) is 24.3 Å². The van der Waals surface area contributed by atoms with Gasteiger partial charge in [-0.3, -0.25) is 10.1 Å². The molecular formula is C10H6Cl2N2O3S. The van der Waals surface area contributed by atoms with Gasteiger partial charge in [0, 0.05) is 6.07 Å². The van der Waals surface area contributed by atoms with E-state index in [0.717, 1.165) is 0 Å². The number of hydrogen-bond acceptors (Lipinski definition) is 5. The molecule has 2 rings (SSSR count). The van der Waals surface area contributed by atoms with Crippen LogP contribution in [0.25, 0.3) is 0 Å². The number of hydrogen-bond donors (Lipinski definition) is 0. The molecule has 0 aliphatic carbocycles. The van der Waals surface area contributed by atoms with Crippen molar-refractivity contribution in [1.29, 1.82) is 0 Å². The second-order valence-corrected chi connectivity index (χ2v) is 4.86. The van der Waals surface area contributed by atoms with Crippen molar-refractivity contribution in [2.75, 3.05) is 0 Å². The Kier molecular flexibility index (Phi) is 4.00. The summed E-state index contributed by atoms with van der Waals surface area (Å²) in [6.07, 6.45) is 0. The van der Waals surface area contributed by atoms with E-state index in [1.165, 1.54) is 29.5 Å². The number of ether oxygens (including phenoxy) is 1. The van der Waals surface area contributed by atoms with Crippen molar-refractivity contribution in [3.8, 4) is 10.9 Å². The Labute approximate surface area is 116 Å². The minimum Gasteiger partial charge on any atom is -0.431 e. The summed E-state index contributed by atoms with van der Waals surface area (Å²) in [6.45, 7) is 0. The molecular weight excluding hydrogens is 299 g/mol. The van der Waals surface area contributed by atoms with Crippen LogP contribution in [-0.2, 0) is 5.88 Å². The van der Waals surface area contributed by atoms with Crippen molar-refractivity contribution in [2.45, 2.75) is 5.88 Å². The maximum absolute atomic E-state index is 10.6. The Morgan fingerprint density at radius 2 is 2.28 bits per heavy atom. The van der Waals surface area contributed by atoms with Crippen molar-refractivity contribution in [3.05, 3.63) is 44.4 Å². The number of benzene rings is 1. The van der Waals surface area contributed by atoms with Gasteiger partial charge >= 0.3 is 0 Å². The van der Waals surface area contributed by atoms with Crippen molar-refractivity contribution in [1.82, 2.24) is 4.98 Å². The zero-order chi connectivity index (χ0) is 13.1. The number of rotatable bonds is 4. The van der Waals surface area contributed by atoms with E-state index in [4.69, 9.17) is 27.9 Å². The van der Waals surface area contributed by atoms with Crippen LogP contribution in [0.3, 0.4) is 0 Å². The molecule has 1 aromatic heterocycles. The summed E-state index contributed by atoms with van der Waals surface area (Å²) >= 11 is 12.7. The second-order valence-electron chi connectivity index (χ2n) is 3.18. The smallest absolute Gasteiger partial charge is 0.280 e. The normalized spacial score (nSPS) is 10.3. The number of aromatic nitrogens is 1. The summed E-state index contributed by atoms with van der Waals surface area (Å²) in [5.41, 5.74) is -0.0484. The fraction of sp³-hybridized carbons (Fsp3) is 0.100. The van der Waals surface area contributed by atoms with Crippen LogP contribution >= 0.6 is 34.5 Å². The van der Waals surface area contributed by atoms with Gasteiger partial charge < -0.3 is 4.74 Å². The zero-order valence-electron chi connectivity index (χ0n) is 8.80. The average molecular weight is 305 g/mol. The first-order valence-corrected chi connectivity index (χ1v) is 6.46. The minimum atomic E-state index is -0.494. The number of nitrogens with zero attached hydrogens (tertiary/aromatic N) is 2. The Balaban J connectivity index is 2.22. The number of nitro groups is 1. The number of alkyl halides is 1. The lowest BCUT2D eigenvalue weighted by molar-refractivity contribution is -0.384. The zero-order valence-corrected chi connectivity index (χ0v) is 11.1. The molecule has 0 spiro atoms. The van der Waals surface area contributed by atoms with E-state index in [1.807, 2.05) is 0 Å². The third-order valence-electron chi connectivity index (χ3n) is 1.99. The summed E-state index contributed by atoms with van der Waals surface area (Å²) in [5, 5.41) is 11.2. The molecule has 0 fully saturated rings. The van der Waals surface area contributed by atoms with Crippen molar-refractivity contribution in [3.63, 3.8) is 0 Å². The number of nitro benzene ring substituents is 1. The standard InChI is InChI=1S/C10H6Cl2N2O3S/c11-5-8-9(12)13-10(18-8)17-7-3-1-2-6(4-7)14(15)16/h1-4H,5H2. The van der Waals surface area contributed by atoms with E-state index in [1.54, 1.807) is 6.07 Å². The highest BCUT2D eigenvalue weighted by atomic mass is 35.5. The molecule has 0 N–H and O–H groups in total. The first-order valence-electron chi connectivity index (χ1n) is 4.73. The van der Waals surface area contributed by atoms with Gasteiger partial charge in [0.25, 0.3) is 10.9 Å². The number of non-ortho nitro benzene ring substituents is 1. The van der Waals surface area contributed by atoms with Gasteiger partial charge in [0.05, 0.1) is 21.7 Å². The van der Waals surface area contributed by atoms with Crippen LogP contribution < -0.4 is 4.74 Å². The predicted octanol–water partition coefficient (Wildman–Crippen LogP) is 4.24. The average Bonchev–Trinajstić information content (AvgIpc) is 2.69. The molecule has 0 saturated heterocycles. The van der Waals surface area contributed by atoms with E-state index in [-0.39, 0.29) is 16.7 Å². The summed E-state index contributed by atoms with van der Waals surface area (Å²) in [4.78, 5) is 14.8. The molecule has 0 aliphatic heterocycles. The van der Waals surface area contributed by atoms with Crippen LogP contribution in [0.4, 0.5) is 5.69 Å².